The molecule has 0 radical (unpaired) electrons. The highest BCUT2D eigenvalue weighted by Crippen LogP contribution is 2.29. The van der Waals surface area contributed by atoms with Gasteiger partial charge in [-0.15, -0.1) is 0 Å². The SMILES string of the molecule is CN(CCOc1ccccc1F)CC(=O)Nc1c(Cl)cccc1Cl. The molecule has 1 N–H and O–H groups in total. The van der Waals surface area contributed by atoms with Crippen LogP contribution < -0.4 is 10.1 Å². The fourth-order valence-corrected chi connectivity index (χ4v) is 2.49. The van der Waals surface area contributed by atoms with E-state index in [-0.39, 0.29) is 24.8 Å². The Hall–Kier alpha value is -1.82. The van der Waals surface area contributed by atoms with Gasteiger partial charge in [-0.25, -0.2) is 4.39 Å². The van der Waals surface area contributed by atoms with E-state index in [9.17, 15) is 9.18 Å². The summed E-state index contributed by atoms with van der Waals surface area (Å²) < 4.78 is 18.8. The van der Waals surface area contributed by atoms with Gasteiger partial charge in [0.2, 0.25) is 5.91 Å². The summed E-state index contributed by atoms with van der Waals surface area (Å²) in [6, 6.07) is 11.2. The summed E-state index contributed by atoms with van der Waals surface area (Å²) in [6.45, 7) is 0.845. The molecule has 0 aromatic heterocycles. The zero-order valence-corrected chi connectivity index (χ0v) is 14.6. The van der Waals surface area contributed by atoms with Crippen molar-refractivity contribution >= 4 is 34.8 Å². The average Bonchev–Trinajstić information content (AvgIpc) is 2.53. The number of amides is 1. The van der Waals surface area contributed by atoms with Crippen molar-refractivity contribution in [3.8, 4) is 5.75 Å². The number of benzene rings is 2. The lowest BCUT2D eigenvalue weighted by Crippen LogP contribution is -2.33. The van der Waals surface area contributed by atoms with Gasteiger partial charge in [0, 0.05) is 6.54 Å². The van der Waals surface area contributed by atoms with Gasteiger partial charge in [0.1, 0.15) is 6.61 Å². The highest BCUT2D eigenvalue weighted by Gasteiger charge is 2.12. The summed E-state index contributed by atoms with van der Waals surface area (Å²) in [5, 5.41) is 3.43. The van der Waals surface area contributed by atoms with Crippen molar-refractivity contribution < 1.29 is 13.9 Å². The number of rotatable bonds is 7. The van der Waals surface area contributed by atoms with E-state index in [2.05, 4.69) is 5.32 Å². The molecule has 0 fully saturated rings. The first-order valence-electron chi connectivity index (χ1n) is 7.27. The summed E-state index contributed by atoms with van der Waals surface area (Å²) in [4.78, 5) is 13.8. The van der Waals surface area contributed by atoms with Gasteiger partial charge >= 0.3 is 0 Å². The molecular formula is C17H17Cl2FN2O2. The van der Waals surface area contributed by atoms with Gasteiger partial charge in [-0.2, -0.15) is 0 Å². The first-order valence-corrected chi connectivity index (χ1v) is 8.02. The van der Waals surface area contributed by atoms with Gasteiger partial charge in [-0.3, -0.25) is 9.69 Å². The van der Waals surface area contributed by atoms with E-state index in [1.54, 1.807) is 48.3 Å². The normalized spacial score (nSPS) is 10.7. The van der Waals surface area contributed by atoms with Crippen LogP contribution in [0, 0.1) is 5.82 Å². The van der Waals surface area contributed by atoms with Crippen LogP contribution in [0.5, 0.6) is 5.75 Å². The molecule has 0 saturated carbocycles. The molecule has 0 spiro atoms. The minimum atomic E-state index is -0.411. The molecule has 0 bridgehead atoms. The zero-order valence-electron chi connectivity index (χ0n) is 13.1. The maximum Gasteiger partial charge on any atom is 0.238 e. The lowest BCUT2D eigenvalue weighted by Gasteiger charge is -2.17. The summed E-state index contributed by atoms with van der Waals surface area (Å²) in [5.74, 6) is -0.470. The molecule has 2 rings (SSSR count). The number of carbonyl (C=O) groups excluding carboxylic acids is 1. The Bertz CT molecular complexity index is 692. The van der Waals surface area contributed by atoms with E-state index < -0.39 is 5.82 Å². The summed E-state index contributed by atoms with van der Waals surface area (Å²) in [5.41, 5.74) is 0.391. The number of anilines is 1. The fraction of sp³-hybridized carbons (Fsp3) is 0.235. The van der Waals surface area contributed by atoms with Gasteiger partial charge in [-0.05, 0) is 31.3 Å². The third-order valence-corrected chi connectivity index (χ3v) is 3.84. The summed E-state index contributed by atoms with van der Waals surface area (Å²) in [6.07, 6.45) is 0. The number of carbonyl (C=O) groups is 1. The van der Waals surface area contributed by atoms with E-state index in [0.717, 1.165) is 0 Å². The van der Waals surface area contributed by atoms with Crippen LogP contribution in [0.1, 0.15) is 0 Å². The highest BCUT2D eigenvalue weighted by atomic mass is 35.5. The Morgan fingerprint density at radius 2 is 1.83 bits per heavy atom. The minimum Gasteiger partial charge on any atom is -0.489 e. The standard InChI is InChI=1S/C17H17Cl2FN2O2/c1-22(9-10-24-15-8-3-2-7-14(15)20)11-16(23)21-17-12(18)5-4-6-13(17)19/h2-8H,9-11H2,1H3,(H,21,23). The molecular weight excluding hydrogens is 354 g/mol. The maximum atomic E-state index is 13.4. The molecule has 128 valence electrons. The number of para-hydroxylation sites is 2. The fourth-order valence-electron chi connectivity index (χ4n) is 1.99. The van der Waals surface area contributed by atoms with E-state index in [1.807, 2.05) is 0 Å². The number of ether oxygens (including phenoxy) is 1. The van der Waals surface area contributed by atoms with Gasteiger partial charge < -0.3 is 10.1 Å². The van der Waals surface area contributed by atoms with E-state index in [4.69, 9.17) is 27.9 Å². The molecule has 0 aliphatic carbocycles. The van der Waals surface area contributed by atoms with Crippen molar-refractivity contribution in [2.24, 2.45) is 0 Å². The molecule has 1 amide bonds. The van der Waals surface area contributed by atoms with Crippen molar-refractivity contribution in [2.75, 3.05) is 32.1 Å². The van der Waals surface area contributed by atoms with Crippen LogP contribution in [-0.4, -0.2) is 37.6 Å². The molecule has 0 atom stereocenters. The molecule has 7 heteroatoms. The molecule has 2 aromatic rings. The third kappa shape index (κ3) is 5.37. The predicted octanol–water partition coefficient (Wildman–Crippen LogP) is 4.08. The number of hydrogen-bond donors (Lipinski definition) is 1. The topological polar surface area (TPSA) is 41.6 Å². The molecule has 0 unspecified atom stereocenters. The van der Waals surface area contributed by atoms with Crippen LogP contribution in [0.25, 0.3) is 0 Å². The number of halogens is 3. The lowest BCUT2D eigenvalue weighted by molar-refractivity contribution is -0.117. The van der Waals surface area contributed by atoms with Gasteiger partial charge in [0.25, 0.3) is 0 Å². The second-order valence-corrected chi connectivity index (χ2v) is 5.98. The van der Waals surface area contributed by atoms with Crippen LogP contribution in [0.15, 0.2) is 42.5 Å². The zero-order chi connectivity index (χ0) is 17.5. The monoisotopic (exact) mass is 370 g/mol. The number of likely N-dealkylation sites (N-methyl/N-ethyl adjacent to an activating group) is 1. The molecule has 0 saturated heterocycles. The third-order valence-electron chi connectivity index (χ3n) is 3.21. The molecule has 0 aliphatic rings. The van der Waals surface area contributed by atoms with Crippen LogP contribution in [0.2, 0.25) is 10.0 Å². The number of nitrogens with one attached hydrogen (secondary N) is 1. The van der Waals surface area contributed by atoms with Crippen LogP contribution >= 0.6 is 23.2 Å². The average molecular weight is 371 g/mol. The lowest BCUT2D eigenvalue weighted by atomic mass is 10.3. The Labute approximate surface area is 150 Å². The molecule has 4 nitrogen and oxygen atoms in total. The van der Waals surface area contributed by atoms with Crippen molar-refractivity contribution in [1.82, 2.24) is 4.90 Å². The first kappa shape index (κ1) is 18.5. The van der Waals surface area contributed by atoms with Crippen molar-refractivity contribution in [1.29, 1.82) is 0 Å². The van der Waals surface area contributed by atoms with E-state index >= 15 is 0 Å². The minimum absolute atomic E-state index is 0.127. The highest BCUT2D eigenvalue weighted by molar-refractivity contribution is 6.39. The van der Waals surface area contributed by atoms with Crippen LogP contribution in [0.4, 0.5) is 10.1 Å². The molecule has 0 heterocycles. The molecule has 24 heavy (non-hydrogen) atoms. The maximum absolute atomic E-state index is 13.4. The van der Waals surface area contributed by atoms with Crippen LogP contribution in [-0.2, 0) is 4.79 Å². The quantitative estimate of drug-likeness (QED) is 0.798. The Balaban J connectivity index is 1.79. The summed E-state index contributed by atoms with van der Waals surface area (Å²) >= 11 is 12.0. The van der Waals surface area contributed by atoms with E-state index in [1.165, 1.54) is 6.07 Å². The van der Waals surface area contributed by atoms with Crippen molar-refractivity contribution in [2.45, 2.75) is 0 Å². The number of nitrogens with zero attached hydrogens (tertiary/aromatic N) is 1. The van der Waals surface area contributed by atoms with Crippen molar-refractivity contribution in [3.63, 3.8) is 0 Å². The van der Waals surface area contributed by atoms with Crippen molar-refractivity contribution in [3.05, 3.63) is 58.3 Å². The Morgan fingerprint density at radius 3 is 2.50 bits per heavy atom. The van der Waals surface area contributed by atoms with Crippen LogP contribution in [0.3, 0.4) is 0 Å². The van der Waals surface area contributed by atoms with Gasteiger partial charge in [0.15, 0.2) is 11.6 Å². The van der Waals surface area contributed by atoms with Gasteiger partial charge in [-0.1, -0.05) is 41.4 Å². The second-order valence-electron chi connectivity index (χ2n) is 5.16. The molecule has 2 aromatic carbocycles. The Kier molecular flexibility index (Phi) is 6.85. The molecule has 0 aliphatic heterocycles. The first-order chi connectivity index (χ1) is 11.5. The second kappa shape index (κ2) is 8.87. The van der Waals surface area contributed by atoms with Gasteiger partial charge in [0.05, 0.1) is 22.3 Å². The Morgan fingerprint density at radius 1 is 1.17 bits per heavy atom. The largest absolute Gasteiger partial charge is 0.489 e. The van der Waals surface area contributed by atoms with E-state index in [0.29, 0.717) is 22.3 Å². The number of hydrogen-bond acceptors (Lipinski definition) is 3. The predicted molar refractivity (Wildman–Crippen MR) is 94.5 cm³/mol. The smallest absolute Gasteiger partial charge is 0.238 e. The summed E-state index contributed by atoms with van der Waals surface area (Å²) in [7, 11) is 1.76.